The minimum absolute atomic E-state index is 0. The molecule has 0 aliphatic carbocycles. The van der Waals surface area contributed by atoms with Gasteiger partial charge in [-0.2, -0.15) is 0 Å². The van der Waals surface area contributed by atoms with Gasteiger partial charge in [-0.05, 0) is 57.1 Å². The number of nitrogens with one attached hydrogen (secondary N) is 1. The van der Waals surface area contributed by atoms with Gasteiger partial charge in [-0.15, -0.1) is 10.2 Å². The van der Waals surface area contributed by atoms with Crippen molar-refractivity contribution in [1.82, 2.24) is 25.5 Å². The highest BCUT2D eigenvalue weighted by molar-refractivity contribution is 7.92. The molecule has 0 fully saturated rings. The van der Waals surface area contributed by atoms with Gasteiger partial charge in [0.15, 0.2) is 21.3 Å². The summed E-state index contributed by atoms with van der Waals surface area (Å²) in [6.45, 7) is 6.05. The molecule has 0 aliphatic rings. The first-order valence-electron chi connectivity index (χ1n) is 10.8. The van der Waals surface area contributed by atoms with Gasteiger partial charge in [-0.25, -0.2) is 18.4 Å². The van der Waals surface area contributed by atoms with Crippen LogP contribution in [0.5, 0.6) is 0 Å². The van der Waals surface area contributed by atoms with Crippen molar-refractivity contribution >= 4 is 15.7 Å². The molecule has 9 nitrogen and oxygen atoms in total. The van der Waals surface area contributed by atoms with E-state index in [0.717, 1.165) is 23.2 Å². The molecule has 0 radical (unpaired) electrons. The van der Waals surface area contributed by atoms with Crippen molar-refractivity contribution < 1.29 is 17.1 Å². The molecule has 0 saturated heterocycles. The number of nitrogens with two attached hydrogens (primary N) is 1. The number of aromatic nitrogens is 4. The summed E-state index contributed by atoms with van der Waals surface area (Å²) in [4.78, 5) is 9.05. The van der Waals surface area contributed by atoms with E-state index < -0.39 is 15.1 Å². The van der Waals surface area contributed by atoms with Crippen LogP contribution in [0.2, 0.25) is 0 Å². The first kappa shape index (κ1) is 23.5. The molecule has 0 unspecified atom stereocenters. The summed E-state index contributed by atoms with van der Waals surface area (Å²) in [5.74, 6) is 0.664. The molecule has 0 atom stereocenters. The molecular weight excluding hydrogens is 452 g/mol. The zero-order chi connectivity index (χ0) is 24.5. The smallest absolute Gasteiger partial charge is 0.270 e. The lowest BCUT2D eigenvalue weighted by Crippen LogP contribution is -2.13. The summed E-state index contributed by atoms with van der Waals surface area (Å²) in [7, 11) is -1.46. The van der Waals surface area contributed by atoms with Crippen LogP contribution in [0, 0.1) is 6.92 Å². The van der Waals surface area contributed by atoms with Crippen molar-refractivity contribution in [2.75, 3.05) is 12.8 Å². The molecule has 0 bridgehead atoms. The lowest BCUT2D eigenvalue weighted by Gasteiger charge is -2.09. The van der Waals surface area contributed by atoms with Crippen LogP contribution in [0.4, 0.5) is 5.82 Å². The molecule has 34 heavy (non-hydrogen) atoms. The van der Waals surface area contributed by atoms with E-state index >= 15 is 0 Å². The van der Waals surface area contributed by atoms with Crippen LogP contribution in [0.15, 0.2) is 58.0 Å². The maximum atomic E-state index is 12.4. The minimum atomic E-state index is -3.36. The number of hydrogen-bond acceptors (Lipinski definition) is 9. The molecular formula is C24H32N6O3S. The van der Waals surface area contributed by atoms with Gasteiger partial charge in [0.1, 0.15) is 0 Å². The third-order valence-electron chi connectivity index (χ3n) is 5.43. The molecule has 3 N–H and O–H groups in total. The largest absolute Gasteiger partial charge is 0.414 e. The summed E-state index contributed by atoms with van der Waals surface area (Å²) in [6.07, 6.45) is 1.52. The number of hydrogen-bond donors (Lipinski definition) is 2. The van der Waals surface area contributed by atoms with Gasteiger partial charge in [0.25, 0.3) is 5.89 Å². The average molecular weight is 485 g/mol. The minimum Gasteiger partial charge on any atom is -0.414 e. The lowest BCUT2D eigenvalue weighted by atomic mass is 10.1. The van der Waals surface area contributed by atoms with E-state index in [2.05, 4.69) is 31.5 Å². The Labute approximate surface area is 202 Å². The van der Waals surface area contributed by atoms with E-state index in [4.69, 9.17) is 10.2 Å². The fraction of sp³-hybridized carbons (Fsp3) is 0.250. The number of anilines is 1. The molecule has 2 aromatic heterocycles. The van der Waals surface area contributed by atoms with E-state index in [1.807, 2.05) is 26.1 Å². The van der Waals surface area contributed by atoms with Crippen LogP contribution < -0.4 is 11.1 Å². The summed E-state index contributed by atoms with van der Waals surface area (Å²) in [5, 5.41) is 10.9. The van der Waals surface area contributed by atoms with Crippen molar-refractivity contribution in [1.29, 1.82) is 0 Å². The fourth-order valence-corrected chi connectivity index (χ4v) is 4.55. The Kier molecular flexibility index (Phi) is 6.45. The zero-order valence-corrected chi connectivity index (χ0v) is 20.2. The van der Waals surface area contributed by atoms with Gasteiger partial charge in [-0.3, -0.25) is 0 Å². The molecule has 0 aliphatic heterocycles. The molecule has 4 rings (SSSR count). The van der Waals surface area contributed by atoms with Gasteiger partial charge in [0.05, 0.1) is 22.0 Å². The lowest BCUT2D eigenvalue weighted by molar-refractivity contribution is 0.581. The monoisotopic (exact) mass is 484 g/mol. The second-order valence-corrected chi connectivity index (χ2v) is 10.7. The normalized spacial score (nSPS) is 11.8. The quantitative estimate of drug-likeness (QED) is 0.391. The molecule has 0 amide bonds. The van der Waals surface area contributed by atoms with Gasteiger partial charge in [-0.1, -0.05) is 24.3 Å². The number of nitrogen functional groups attached to an aromatic ring is 1. The van der Waals surface area contributed by atoms with Crippen LogP contribution in [-0.2, 0) is 16.4 Å². The van der Waals surface area contributed by atoms with Crippen LogP contribution in [0.3, 0.4) is 0 Å². The second kappa shape index (κ2) is 9.32. The van der Waals surface area contributed by atoms with Gasteiger partial charge >= 0.3 is 0 Å². The Hall–Kier alpha value is -3.63. The number of nitrogens with zero attached hydrogens (tertiary/aromatic N) is 4. The second-order valence-electron chi connectivity index (χ2n) is 8.20. The van der Waals surface area contributed by atoms with Crippen LogP contribution in [-0.4, -0.2) is 40.9 Å². The Morgan fingerprint density at radius 3 is 2.44 bits per heavy atom. The van der Waals surface area contributed by atoms with Crippen LogP contribution >= 0.6 is 0 Å². The van der Waals surface area contributed by atoms with E-state index in [1.54, 1.807) is 38.1 Å². The van der Waals surface area contributed by atoms with Crippen molar-refractivity contribution in [3.63, 3.8) is 0 Å². The predicted octanol–water partition coefficient (Wildman–Crippen LogP) is 4.39. The molecule has 10 heteroatoms. The summed E-state index contributed by atoms with van der Waals surface area (Å²) in [5.41, 5.74) is 10.5. The maximum Gasteiger partial charge on any atom is 0.270 e. The van der Waals surface area contributed by atoms with Crippen molar-refractivity contribution in [3.05, 3.63) is 59.8 Å². The average Bonchev–Trinajstić information content (AvgIpc) is 3.29. The number of sulfone groups is 1. The highest BCUT2D eigenvalue weighted by atomic mass is 32.2. The third kappa shape index (κ3) is 4.55. The first-order chi connectivity index (χ1) is 16.2. The van der Waals surface area contributed by atoms with Crippen LogP contribution in [0.25, 0.3) is 34.3 Å². The molecule has 2 heterocycles. The van der Waals surface area contributed by atoms with E-state index in [1.165, 1.54) is 6.20 Å². The van der Waals surface area contributed by atoms with E-state index in [9.17, 15) is 8.42 Å². The molecule has 0 saturated carbocycles. The highest BCUT2D eigenvalue weighted by Gasteiger charge is 2.20. The summed E-state index contributed by atoms with van der Waals surface area (Å²) in [6, 6.07) is 12.5. The highest BCUT2D eigenvalue weighted by Crippen LogP contribution is 2.30. The van der Waals surface area contributed by atoms with Gasteiger partial charge in [0.2, 0.25) is 5.89 Å². The Balaban J connectivity index is 0.00000228. The van der Waals surface area contributed by atoms with Crippen molar-refractivity contribution in [3.8, 4) is 34.3 Å². The van der Waals surface area contributed by atoms with Crippen molar-refractivity contribution in [2.24, 2.45) is 0 Å². The standard InChI is InChI=1S/C24H26N6O3S.3H2/c1-14(2)34(31,32)18-8-6-17(7-9-18)20-13-27-22(25)21(28-20)24-30-29-23(33-24)19-10-5-16(12-26-4)11-15(19)3;;;/h5-11,13-14,26H,12H2,1-4H3,(H2,25,27);3*1H. The molecule has 2 aromatic carbocycles. The maximum absolute atomic E-state index is 12.4. The predicted molar refractivity (Wildman–Crippen MR) is 137 cm³/mol. The van der Waals surface area contributed by atoms with E-state index in [-0.39, 0.29) is 26.6 Å². The van der Waals surface area contributed by atoms with Crippen molar-refractivity contribution in [2.45, 2.75) is 37.5 Å². The number of benzene rings is 2. The zero-order valence-electron chi connectivity index (χ0n) is 19.4. The Morgan fingerprint density at radius 1 is 1.09 bits per heavy atom. The summed E-state index contributed by atoms with van der Waals surface area (Å²) < 4.78 is 30.7. The Morgan fingerprint density at radius 2 is 1.79 bits per heavy atom. The molecule has 4 aromatic rings. The first-order valence-corrected chi connectivity index (χ1v) is 12.3. The van der Waals surface area contributed by atoms with Gasteiger partial charge in [0, 0.05) is 22.0 Å². The third-order valence-corrected chi connectivity index (χ3v) is 7.60. The Bertz CT molecular complexity index is 1440. The SMILES string of the molecule is CNCc1ccc(-c2nnc(-c3nc(-c4ccc(S(=O)(=O)C(C)C)cc4)cnc3N)o2)c(C)c1.[HH].[HH].[HH]. The number of aryl methyl sites for hydroxylation is 1. The molecule has 0 spiro atoms. The fourth-order valence-electron chi connectivity index (χ4n) is 3.49. The van der Waals surface area contributed by atoms with Gasteiger partial charge < -0.3 is 15.5 Å². The molecule has 182 valence electrons. The topological polar surface area (TPSA) is 137 Å². The van der Waals surface area contributed by atoms with Crippen LogP contribution in [0.1, 0.15) is 29.3 Å². The number of rotatable bonds is 7. The summed E-state index contributed by atoms with van der Waals surface area (Å²) >= 11 is 0. The van der Waals surface area contributed by atoms with E-state index in [0.29, 0.717) is 17.1 Å².